The molecule has 1 aromatic rings. The summed E-state index contributed by atoms with van der Waals surface area (Å²) in [5.41, 5.74) is 2.53. The summed E-state index contributed by atoms with van der Waals surface area (Å²) in [6, 6.07) is 8.54. The van der Waals surface area contributed by atoms with E-state index in [1.54, 1.807) is 0 Å². The first kappa shape index (κ1) is 15.7. The van der Waals surface area contributed by atoms with Gasteiger partial charge in [0.15, 0.2) is 0 Å². The van der Waals surface area contributed by atoms with Crippen LogP contribution in [0.25, 0.3) is 0 Å². The molecule has 0 fully saturated rings. The molecule has 0 heterocycles. The molecule has 0 aliphatic rings. The van der Waals surface area contributed by atoms with Gasteiger partial charge in [0.05, 0.1) is 0 Å². The van der Waals surface area contributed by atoms with E-state index in [9.17, 15) is 4.79 Å². The Labute approximate surface area is 116 Å². The summed E-state index contributed by atoms with van der Waals surface area (Å²) < 4.78 is 0. The standard InChI is InChI=1S/C16H26N2O/c1-4-13(2)15-9-7-14(8-10-15)12-18-16(19)6-5-11-17-3/h7-10,13,17H,4-6,11-12H2,1-3H3,(H,18,19). The van der Waals surface area contributed by atoms with E-state index in [2.05, 4.69) is 48.7 Å². The average molecular weight is 262 g/mol. The molecule has 0 saturated heterocycles. The van der Waals surface area contributed by atoms with Crippen LogP contribution in [0.2, 0.25) is 0 Å². The van der Waals surface area contributed by atoms with Crippen molar-refractivity contribution < 1.29 is 4.79 Å². The van der Waals surface area contributed by atoms with Crippen molar-refractivity contribution in [3.05, 3.63) is 35.4 Å². The molecule has 1 amide bonds. The van der Waals surface area contributed by atoms with Crippen LogP contribution in [0, 0.1) is 0 Å². The van der Waals surface area contributed by atoms with Crippen LogP contribution < -0.4 is 10.6 Å². The SMILES string of the molecule is CCC(C)c1ccc(CNC(=O)CCCNC)cc1. The number of benzene rings is 1. The van der Waals surface area contributed by atoms with Crippen LogP contribution in [0.1, 0.15) is 50.2 Å². The number of nitrogens with one attached hydrogen (secondary N) is 2. The van der Waals surface area contributed by atoms with Crippen molar-refractivity contribution >= 4 is 5.91 Å². The fraction of sp³-hybridized carbons (Fsp3) is 0.562. The monoisotopic (exact) mass is 262 g/mol. The lowest BCUT2D eigenvalue weighted by atomic mass is 9.98. The normalized spacial score (nSPS) is 12.2. The summed E-state index contributed by atoms with van der Waals surface area (Å²) in [6.45, 7) is 5.94. The summed E-state index contributed by atoms with van der Waals surface area (Å²) in [4.78, 5) is 11.6. The number of hydrogen-bond donors (Lipinski definition) is 2. The highest BCUT2D eigenvalue weighted by molar-refractivity contribution is 5.75. The molecule has 0 aliphatic carbocycles. The highest BCUT2D eigenvalue weighted by Crippen LogP contribution is 2.18. The molecule has 0 bridgehead atoms. The van der Waals surface area contributed by atoms with Crippen LogP contribution in [0.4, 0.5) is 0 Å². The van der Waals surface area contributed by atoms with Crippen LogP contribution >= 0.6 is 0 Å². The summed E-state index contributed by atoms with van der Waals surface area (Å²) in [6.07, 6.45) is 2.63. The lowest BCUT2D eigenvalue weighted by Gasteiger charge is -2.10. The van der Waals surface area contributed by atoms with Crippen molar-refractivity contribution in [1.82, 2.24) is 10.6 Å². The maximum absolute atomic E-state index is 11.6. The minimum absolute atomic E-state index is 0.126. The molecule has 19 heavy (non-hydrogen) atoms. The third kappa shape index (κ3) is 5.88. The van der Waals surface area contributed by atoms with E-state index in [0.717, 1.165) is 24.9 Å². The van der Waals surface area contributed by atoms with Gasteiger partial charge in [-0.25, -0.2) is 0 Å². The van der Waals surface area contributed by atoms with Crippen LogP contribution in [0.3, 0.4) is 0 Å². The molecule has 1 unspecified atom stereocenters. The maximum Gasteiger partial charge on any atom is 0.220 e. The lowest BCUT2D eigenvalue weighted by molar-refractivity contribution is -0.121. The highest BCUT2D eigenvalue weighted by atomic mass is 16.1. The predicted molar refractivity (Wildman–Crippen MR) is 80.2 cm³/mol. The Morgan fingerprint density at radius 2 is 1.95 bits per heavy atom. The molecular formula is C16H26N2O. The molecule has 0 radical (unpaired) electrons. The van der Waals surface area contributed by atoms with Gasteiger partial charge in [-0.2, -0.15) is 0 Å². The molecule has 3 nitrogen and oxygen atoms in total. The molecular weight excluding hydrogens is 236 g/mol. The second kappa shape index (κ2) is 8.70. The van der Waals surface area contributed by atoms with Crippen molar-refractivity contribution in [2.75, 3.05) is 13.6 Å². The van der Waals surface area contributed by atoms with Crippen LogP contribution in [0.5, 0.6) is 0 Å². The molecule has 106 valence electrons. The Kier molecular flexibility index (Phi) is 7.19. The van der Waals surface area contributed by atoms with E-state index in [-0.39, 0.29) is 5.91 Å². The molecule has 1 aromatic carbocycles. The summed E-state index contributed by atoms with van der Waals surface area (Å²) in [5, 5.41) is 5.99. The molecule has 0 saturated carbocycles. The van der Waals surface area contributed by atoms with Crippen molar-refractivity contribution in [2.45, 2.75) is 45.6 Å². The smallest absolute Gasteiger partial charge is 0.220 e. The van der Waals surface area contributed by atoms with Gasteiger partial charge in [0.1, 0.15) is 0 Å². The number of rotatable bonds is 8. The van der Waals surface area contributed by atoms with E-state index >= 15 is 0 Å². The third-order valence-corrected chi connectivity index (χ3v) is 3.48. The first-order valence-electron chi connectivity index (χ1n) is 7.17. The van der Waals surface area contributed by atoms with Gasteiger partial charge in [-0.3, -0.25) is 4.79 Å². The number of carbonyl (C=O) groups excluding carboxylic acids is 1. The van der Waals surface area contributed by atoms with Gasteiger partial charge in [-0.05, 0) is 43.5 Å². The van der Waals surface area contributed by atoms with Crippen molar-refractivity contribution in [3.8, 4) is 0 Å². The molecule has 2 N–H and O–H groups in total. The number of amides is 1. The van der Waals surface area contributed by atoms with Gasteiger partial charge in [0.25, 0.3) is 0 Å². The molecule has 1 atom stereocenters. The molecule has 3 heteroatoms. The van der Waals surface area contributed by atoms with Gasteiger partial charge in [0.2, 0.25) is 5.91 Å². The lowest BCUT2D eigenvalue weighted by Crippen LogP contribution is -2.23. The van der Waals surface area contributed by atoms with Crippen molar-refractivity contribution in [2.24, 2.45) is 0 Å². The topological polar surface area (TPSA) is 41.1 Å². The Hall–Kier alpha value is -1.35. The fourth-order valence-electron chi connectivity index (χ4n) is 1.91. The minimum Gasteiger partial charge on any atom is -0.352 e. The Morgan fingerprint density at radius 1 is 1.26 bits per heavy atom. The highest BCUT2D eigenvalue weighted by Gasteiger charge is 2.03. The van der Waals surface area contributed by atoms with Crippen molar-refractivity contribution in [3.63, 3.8) is 0 Å². The van der Waals surface area contributed by atoms with Crippen LogP contribution in [-0.2, 0) is 11.3 Å². The van der Waals surface area contributed by atoms with Gasteiger partial charge in [-0.15, -0.1) is 0 Å². The second-order valence-electron chi connectivity index (χ2n) is 5.03. The van der Waals surface area contributed by atoms with Crippen molar-refractivity contribution in [1.29, 1.82) is 0 Å². The van der Waals surface area contributed by atoms with Gasteiger partial charge in [-0.1, -0.05) is 38.1 Å². The second-order valence-corrected chi connectivity index (χ2v) is 5.03. The Bertz CT molecular complexity index is 373. The quantitative estimate of drug-likeness (QED) is 0.707. The summed E-state index contributed by atoms with van der Waals surface area (Å²) >= 11 is 0. The zero-order chi connectivity index (χ0) is 14.1. The molecule has 0 aromatic heterocycles. The van der Waals surface area contributed by atoms with E-state index < -0.39 is 0 Å². The van der Waals surface area contributed by atoms with Gasteiger partial charge >= 0.3 is 0 Å². The molecule has 0 aliphatic heterocycles. The average Bonchev–Trinajstić information content (AvgIpc) is 2.45. The molecule has 0 spiro atoms. The Morgan fingerprint density at radius 3 is 2.53 bits per heavy atom. The zero-order valence-corrected chi connectivity index (χ0v) is 12.3. The first-order chi connectivity index (χ1) is 9.17. The fourth-order valence-corrected chi connectivity index (χ4v) is 1.91. The van der Waals surface area contributed by atoms with Gasteiger partial charge in [0, 0.05) is 13.0 Å². The number of carbonyl (C=O) groups is 1. The van der Waals surface area contributed by atoms with E-state index in [1.807, 2.05) is 7.05 Å². The van der Waals surface area contributed by atoms with Crippen LogP contribution in [-0.4, -0.2) is 19.5 Å². The molecule has 1 rings (SSSR count). The summed E-state index contributed by atoms with van der Waals surface area (Å²) in [5.74, 6) is 0.728. The van der Waals surface area contributed by atoms with Crippen LogP contribution in [0.15, 0.2) is 24.3 Å². The maximum atomic E-state index is 11.6. The first-order valence-corrected chi connectivity index (χ1v) is 7.17. The summed E-state index contributed by atoms with van der Waals surface area (Å²) in [7, 11) is 1.90. The van der Waals surface area contributed by atoms with E-state index in [1.165, 1.54) is 5.56 Å². The minimum atomic E-state index is 0.126. The van der Waals surface area contributed by atoms with Gasteiger partial charge < -0.3 is 10.6 Å². The van der Waals surface area contributed by atoms with E-state index in [4.69, 9.17) is 0 Å². The predicted octanol–water partition coefficient (Wildman–Crippen LogP) is 2.82. The zero-order valence-electron chi connectivity index (χ0n) is 12.3. The third-order valence-electron chi connectivity index (χ3n) is 3.48. The Balaban J connectivity index is 2.35. The van der Waals surface area contributed by atoms with E-state index in [0.29, 0.717) is 18.9 Å². The number of hydrogen-bond acceptors (Lipinski definition) is 2. The largest absolute Gasteiger partial charge is 0.352 e.